The minimum atomic E-state index is -3.00. The summed E-state index contributed by atoms with van der Waals surface area (Å²) < 4.78 is 22.5. The maximum absolute atomic E-state index is 12.0. The Morgan fingerprint density at radius 3 is 1.00 bits per heavy atom. The van der Waals surface area contributed by atoms with Gasteiger partial charge in [0.2, 0.25) is 2.14 Å². The van der Waals surface area contributed by atoms with Crippen LogP contribution in [0.1, 0.15) is 0 Å². The van der Waals surface area contributed by atoms with Crippen molar-refractivity contribution in [3.8, 4) is 0 Å². The molecule has 0 amide bonds. The molecule has 0 N–H and O–H groups in total. The predicted molar refractivity (Wildman–Crippen MR) is 43.4 cm³/mol. The lowest BCUT2D eigenvalue weighted by molar-refractivity contribution is 0.131. The molecule has 0 fully saturated rings. The molecule has 0 saturated carbocycles. The van der Waals surface area contributed by atoms with Crippen LogP contribution in [0.25, 0.3) is 0 Å². The van der Waals surface area contributed by atoms with Crippen molar-refractivity contribution in [2.45, 2.75) is 6.97 Å². The van der Waals surface area contributed by atoms with E-state index in [0.29, 0.717) is 0 Å². The van der Waals surface area contributed by atoms with Crippen LogP contribution in [0.2, 0.25) is 0 Å². The van der Waals surface area contributed by atoms with E-state index in [2.05, 4.69) is 63.7 Å². The number of halogens is 6. The molecule has 50 valence electrons. The Balaban J connectivity index is 4.02. The van der Waals surface area contributed by atoms with Crippen LogP contribution in [0.3, 0.4) is 0 Å². The van der Waals surface area contributed by atoms with E-state index in [9.17, 15) is 8.78 Å². The van der Waals surface area contributed by atoms with E-state index in [4.69, 9.17) is 0 Å². The molecule has 0 aromatic carbocycles. The third-order valence-corrected chi connectivity index (χ3v) is 4.01. The molecule has 0 heterocycles. The van der Waals surface area contributed by atoms with Crippen molar-refractivity contribution in [1.29, 1.82) is 0 Å². The third-order valence-electron chi connectivity index (χ3n) is 0.321. The Hall–Kier alpha value is 1.78. The Kier molecular flexibility index (Phi) is 3.42. The average Bonchev–Trinajstić information content (AvgIpc) is 1.25. The molecule has 0 nitrogen and oxygen atoms in total. The second kappa shape index (κ2) is 2.80. The van der Waals surface area contributed by atoms with Gasteiger partial charge in [-0.2, -0.15) is 8.78 Å². The van der Waals surface area contributed by atoms with Crippen LogP contribution in [0.15, 0.2) is 0 Å². The summed E-state index contributed by atoms with van der Waals surface area (Å²) in [6, 6.07) is 0. The molecule has 0 radical (unpaired) electrons. The van der Waals surface area contributed by atoms with Crippen LogP contribution in [0.5, 0.6) is 0 Å². The van der Waals surface area contributed by atoms with Crippen molar-refractivity contribution < 1.29 is 8.78 Å². The second-order valence-corrected chi connectivity index (χ2v) is 8.75. The number of rotatable bonds is 0. The van der Waals surface area contributed by atoms with Crippen molar-refractivity contribution in [3.63, 3.8) is 0 Å². The zero-order chi connectivity index (χ0) is 7.00. The van der Waals surface area contributed by atoms with E-state index in [-0.39, 0.29) is 0 Å². The standard InChI is InChI=1S/C2Br4F2/c3-1(4,5)2(6,7)8. The van der Waals surface area contributed by atoms with E-state index < -0.39 is 6.97 Å². The second-order valence-electron chi connectivity index (χ2n) is 0.996. The molecule has 0 saturated heterocycles. The molecule has 0 bridgehead atoms. The smallest absolute Gasteiger partial charge is 0.190 e. The third kappa shape index (κ3) is 3.08. The fraction of sp³-hybridized carbons (Fsp3) is 1.00. The summed E-state index contributed by atoms with van der Waals surface area (Å²) in [7, 11) is 0. The normalized spacial score (nSPS) is 14.2. The van der Waals surface area contributed by atoms with Gasteiger partial charge in [-0.25, -0.2) is 0 Å². The predicted octanol–water partition coefficient (Wildman–Crippen LogP) is 3.81. The molecular weight excluding hydrogens is 382 g/mol. The van der Waals surface area contributed by atoms with Gasteiger partial charge >= 0.3 is 4.83 Å². The first kappa shape index (κ1) is 9.78. The fourth-order valence-corrected chi connectivity index (χ4v) is 0. The zero-order valence-corrected chi connectivity index (χ0v) is 9.61. The first-order chi connectivity index (χ1) is 3.25. The largest absolute Gasteiger partial charge is 0.335 e. The SMILES string of the molecule is FC(F)(Br)C(Br)(Br)Br. The van der Waals surface area contributed by atoms with Gasteiger partial charge < -0.3 is 0 Å². The highest BCUT2D eigenvalue weighted by Gasteiger charge is 2.46. The molecule has 0 aromatic rings. The molecule has 0 spiro atoms. The Morgan fingerprint density at radius 1 is 0.875 bits per heavy atom. The molecule has 0 aliphatic heterocycles. The van der Waals surface area contributed by atoms with Gasteiger partial charge in [0.25, 0.3) is 0 Å². The Labute approximate surface area is 78.9 Å². The van der Waals surface area contributed by atoms with Crippen molar-refractivity contribution in [1.82, 2.24) is 0 Å². The van der Waals surface area contributed by atoms with Crippen molar-refractivity contribution >= 4 is 63.7 Å². The van der Waals surface area contributed by atoms with Gasteiger partial charge in [0.1, 0.15) is 0 Å². The van der Waals surface area contributed by atoms with E-state index in [0.717, 1.165) is 0 Å². The van der Waals surface area contributed by atoms with Gasteiger partial charge in [-0.05, 0) is 15.9 Å². The van der Waals surface area contributed by atoms with Gasteiger partial charge in [-0.3, -0.25) is 0 Å². The first-order valence-electron chi connectivity index (χ1n) is 1.38. The molecule has 0 aromatic heterocycles. The molecule has 0 rings (SSSR count). The Morgan fingerprint density at radius 2 is 1.00 bits per heavy atom. The number of hydrogen-bond donors (Lipinski definition) is 0. The van der Waals surface area contributed by atoms with Gasteiger partial charge in [0, 0.05) is 0 Å². The lowest BCUT2D eigenvalue weighted by atomic mass is 10.9. The summed E-state index contributed by atoms with van der Waals surface area (Å²) in [5.74, 6) is 0. The lowest BCUT2D eigenvalue weighted by Crippen LogP contribution is -2.23. The molecule has 0 atom stereocenters. The highest BCUT2D eigenvalue weighted by Crippen LogP contribution is 2.50. The highest BCUT2D eigenvalue weighted by molar-refractivity contribution is 9.40. The summed E-state index contributed by atoms with van der Waals surface area (Å²) >= 11 is 10.0. The van der Waals surface area contributed by atoms with E-state index in [1.807, 2.05) is 0 Å². The van der Waals surface area contributed by atoms with Crippen LogP contribution in [0.4, 0.5) is 8.78 Å². The molecular formula is C2Br4F2. The minimum Gasteiger partial charge on any atom is -0.190 e. The van der Waals surface area contributed by atoms with E-state index in [1.165, 1.54) is 0 Å². The number of alkyl halides is 6. The maximum atomic E-state index is 12.0. The van der Waals surface area contributed by atoms with Crippen LogP contribution in [-0.4, -0.2) is 6.97 Å². The summed E-state index contributed by atoms with van der Waals surface area (Å²) in [6.07, 6.45) is 0. The van der Waals surface area contributed by atoms with E-state index >= 15 is 0 Å². The fourth-order valence-electron chi connectivity index (χ4n) is 0. The summed E-state index contributed by atoms with van der Waals surface area (Å²) in [6.45, 7) is 0. The molecule has 8 heavy (non-hydrogen) atoms. The van der Waals surface area contributed by atoms with Gasteiger partial charge in [0.05, 0.1) is 0 Å². The van der Waals surface area contributed by atoms with Crippen molar-refractivity contribution in [3.05, 3.63) is 0 Å². The average molecular weight is 382 g/mol. The summed E-state index contributed by atoms with van der Waals surface area (Å²) in [5, 5.41) is 0. The van der Waals surface area contributed by atoms with Gasteiger partial charge in [-0.15, -0.1) is 0 Å². The lowest BCUT2D eigenvalue weighted by Gasteiger charge is -2.17. The van der Waals surface area contributed by atoms with Crippen LogP contribution < -0.4 is 0 Å². The summed E-state index contributed by atoms with van der Waals surface area (Å²) in [4.78, 5) is -3.00. The minimum absolute atomic E-state index is 1.54. The van der Waals surface area contributed by atoms with Crippen LogP contribution in [0, 0.1) is 0 Å². The quantitative estimate of drug-likeness (QED) is 0.560. The topological polar surface area (TPSA) is 0 Å². The maximum Gasteiger partial charge on any atom is 0.335 e. The highest BCUT2D eigenvalue weighted by atomic mass is 80.0. The molecule has 0 unspecified atom stereocenters. The monoisotopic (exact) mass is 378 g/mol. The molecule has 0 aliphatic carbocycles. The van der Waals surface area contributed by atoms with E-state index in [1.54, 1.807) is 0 Å². The number of hydrogen-bond acceptors (Lipinski definition) is 0. The summed E-state index contributed by atoms with van der Waals surface area (Å²) in [5.41, 5.74) is 0. The van der Waals surface area contributed by atoms with Crippen molar-refractivity contribution in [2.75, 3.05) is 0 Å². The van der Waals surface area contributed by atoms with Gasteiger partial charge in [0.15, 0.2) is 0 Å². The van der Waals surface area contributed by atoms with Crippen molar-refractivity contribution in [2.24, 2.45) is 0 Å². The molecule has 0 aliphatic rings. The zero-order valence-electron chi connectivity index (χ0n) is 3.27. The van der Waals surface area contributed by atoms with Crippen LogP contribution >= 0.6 is 63.7 Å². The Bertz CT molecular complexity index is 67.0. The molecule has 6 heteroatoms. The first-order valence-corrected chi connectivity index (χ1v) is 4.56. The van der Waals surface area contributed by atoms with Crippen LogP contribution in [-0.2, 0) is 0 Å². The van der Waals surface area contributed by atoms with Gasteiger partial charge in [-0.1, -0.05) is 47.8 Å².